The summed E-state index contributed by atoms with van der Waals surface area (Å²) in [6.07, 6.45) is 0. The molecule has 0 radical (unpaired) electrons. The number of hydrogen-bond donors (Lipinski definition) is 1. The van der Waals surface area contributed by atoms with Crippen molar-refractivity contribution in [2.75, 3.05) is 11.9 Å². The van der Waals surface area contributed by atoms with Crippen molar-refractivity contribution in [3.63, 3.8) is 0 Å². The molecule has 0 saturated heterocycles. The number of nitro benzene ring substituents is 1. The molecule has 0 unspecified atom stereocenters. The monoisotopic (exact) mass is 349 g/mol. The first-order valence-corrected chi connectivity index (χ1v) is 6.84. The van der Waals surface area contributed by atoms with Crippen molar-refractivity contribution in [1.29, 1.82) is 5.26 Å². The highest BCUT2D eigenvalue weighted by Gasteiger charge is 2.17. The summed E-state index contributed by atoms with van der Waals surface area (Å²) in [5.41, 5.74) is -0.110. The summed E-state index contributed by atoms with van der Waals surface area (Å²) < 4.78 is 18.2. The number of amides is 1. The van der Waals surface area contributed by atoms with Gasteiger partial charge in [0.2, 0.25) is 5.75 Å². The summed E-state index contributed by atoms with van der Waals surface area (Å²) >= 11 is 5.79. The lowest BCUT2D eigenvalue weighted by Gasteiger charge is -2.09. The van der Waals surface area contributed by atoms with E-state index in [4.69, 9.17) is 21.6 Å². The van der Waals surface area contributed by atoms with Gasteiger partial charge in [-0.1, -0.05) is 11.6 Å². The van der Waals surface area contributed by atoms with Gasteiger partial charge in [0.25, 0.3) is 5.91 Å². The number of carbonyl (C=O) groups excluding carboxylic acids is 1. The first-order valence-electron chi connectivity index (χ1n) is 6.47. The van der Waals surface area contributed by atoms with Gasteiger partial charge in [0.15, 0.2) is 6.61 Å². The zero-order chi connectivity index (χ0) is 17.7. The normalized spacial score (nSPS) is 9.88. The second-order valence-corrected chi connectivity index (χ2v) is 4.94. The molecule has 0 aliphatic heterocycles. The largest absolute Gasteiger partial charge is 0.477 e. The molecule has 7 nitrogen and oxygen atoms in total. The van der Waals surface area contributed by atoms with Crippen LogP contribution in [-0.2, 0) is 4.79 Å². The summed E-state index contributed by atoms with van der Waals surface area (Å²) in [4.78, 5) is 22.0. The Kier molecular flexibility index (Phi) is 5.29. The van der Waals surface area contributed by atoms with Gasteiger partial charge in [-0.25, -0.2) is 4.39 Å². The van der Waals surface area contributed by atoms with E-state index >= 15 is 0 Å². The van der Waals surface area contributed by atoms with Crippen LogP contribution < -0.4 is 10.1 Å². The number of carbonyl (C=O) groups is 1. The molecule has 0 heterocycles. The van der Waals surface area contributed by atoms with Crippen LogP contribution in [0.2, 0.25) is 5.02 Å². The predicted octanol–water partition coefficient (Wildman–Crippen LogP) is 3.28. The smallest absolute Gasteiger partial charge is 0.311 e. The Morgan fingerprint density at radius 3 is 2.79 bits per heavy atom. The van der Waals surface area contributed by atoms with E-state index in [1.54, 1.807) is 0 Å². The van der Waals surface area contributed by atoms with Crippen LogP contribution in [-0.4, -0.2) is 17.4 Å². The molecule has 0 aliphatic rings. The van der Waals surface area contributed by atoms with Gasteiger partial charge in [0.05, 0.1) is 16.2 Å². The van der Waals surface area contributed by atoms with E-state index in [0.717, 1.165) is 18.2 Å². The fourth-order valence-corrected chi connectivity index (χ4v) is 1.97. The summed E-state index contributed by atoms with van der Waals surface area (Å²) in [7, 11) is 0. The molecule has 24 heavy (non-hydrogen) atoms. The van der Waals surface area contributed by atoms with Gasteiger partial charge >= 0.3 is 5.69 Å². The number of halogens is 2. The van der Waals surface area contributed by atoms with Crippen LogP contribution >= 0.6 is 11.6 Å². The van der Waals surface area contributed by atoms with Gasteiger partial charge in [0.1, 0.15) is 11.9 Å². The number of ether oxygens (including phenoxy) is 1. The number of nitro groups is 1. The van der Waals surface area contributed by atoms with Crippen molar-refractivity contribution in [3.05, 3.63) is 62.9 Å². The van der Waals surface area contributed by atoms with Gasteiger partial charge in [0, 0.05) is 17.2 Å². The van der Waals surface area contributed by atoms with Crippen molar-refractivity contribution in [3.8, 4) is 11.8 Å². The van der Waals surface area contributed by atoms with E-state index in [2.05, 4.69) is 5.32 Å². The van der Waals surface area contributed by atoms with E-state index in [1.165, 1.54) is 18.2 Å². The van der Waals surface area contributed by atoms with Crippen LogP contribution in [0, 0.1) is 27.3 Å². The van der Waals surface area contributed by atoms with Gasteiger partial charge in [-0.2, -0.15) is 5.26 Å². The zero-order valence-electron chi connectivity index (χ0n) is 12.0. The van der Waals surface area contributed by atoms with E-state index in [9.17, 15) is 19.3 Å². The number of nitrogens with one attached hydrogen (secondary N) is 1. The fraction of sp³-hybridized carbons (Fsp3) is 0.0667. The number of nitriles is 1. The van der Waals surface area contributed by atoms with Crippen molar-refractivity contribution in [2.24, 2.45) is 0 Å². The van der Waals surface area contributed by atoms with Gasteiger partial charge in [-0.3, -0.25) is 14.9 Å². The molecule has 0 aromatic heterocycles. The van der Waals surface area contributed by atoms with Crippen LogP contribution in [0.3, 0.4) is 0 Å². The minimum absolute atomic E-state index is 0.173. The molecule has 122 valence electrons. The van der Waals surface area contributed by atoms with E-state index in [0.29, 0.717) is 5.02 Å². The van der Waals surface area contributed by atoms with E-state index in [1.807, 2.05) is 6.07 Å². The van der Waals surface area contributed by atoms with Crippen LogP contribution in [0.5, 0.6) is 5.75 Å². The Balaban J connectivity index is 2.10. The lowest BCUT2D eigenvalue weighted by Crippen LogP contribution is -2.21. The highest BCUT2D eigenvalue weighted by atomic mass is 35.5. The van der Waals surface area contributed by atoms with Gasteiger partial charge in [-0.05, 0) is 24.3 Å². The van der Waals surface area contributed by atoms with Gasteiger partial charge in [-0.15, -0.1) is 0 Å². The van der Waals surface area contributed by atoms with Crippen molar-refractivity contribution >= 4 is 28.9 Å². The standard InChI is InChI=1S/C15H9ClFN3O4/c16-10-2-1-9(7-18)12(5-10)19-15(21)8-24-14-6-11(17)3-4-13(14)20(22)23/h1-6H,8H2,(H,19,21). The molecule has 2 rings (SSSR count). The van der Waals surface area contributed by atoms with Crippen molar-refractivity contribution < 1.29 is 18.8 Å². The number of benzene rings is 2. The Hall–Kier alpha value is -3.18. The van der Waals surface area contributed by atoms with Crippen LogP contribution in [0.15, 0.2) is 36.4 Å². The molecule has 2 aromatic rings. The van der Waals surface area contributed by atoms with Crippen LogP contribution in [0.4, 0.5) is 15.8 Å². The quantitative estimate of drug-likeness (QED) is 0.658. The Bertz CT molecular complexity index is 851. The second-order valence-electron chi connectivity index (χ2n) is 4.51. The second kappa shape index (κ2) is 7.39. The van der Waals surface area contributed by atoms with E-state index < -0.39 is 28.9 Å². The summed E-state index contributed by atoms with van der Waals surface area (Å²) in [5.74, 6) is -1.80. The first kappa shape index (κ1) is 17.2. The minimum Gasteiger partial charge on any atom is -0.477 e. The zero-order valence-corrected chi connectivity index (χ0v) is 12.7. The lowest BCUT2D eigenvalue weighted by molar-refractivity contribution is -0.385. The van der Waals surface area contributed by atoms with Gasteiger partial charge < -0.3 is 10.1 Å². The Morgan fingerprint density at radius 2 is 2.12 bits per heavy atom. The van der Waals surface area contributed by atoms with E-state index in [-0.39, 0.29) is 17.0 Å². The number of nitrogens with zero attached hydrogens (tertiary/aromatic N) is 2. The average molecular weight is 350 g/mol. The molecule has 0 saturated carbocycles. The third-order valence-corrected chi connectivity index (χ3v) is 3.09. The third kappa shape index (κ3) is 4.18. The predicted molar refractivity (Wildman–Crippen MR) is 83.3 cm³/mol. The van der Waals surface area contributed by atoms with Crippen molar-refractivity contribution in [1.82, 2.24) is 0 Å². The molecular weight excluding hydrogens is 341 g/mol. The Morgan fingerprint density at radius 1 is 1.38 bits per heavy atom. The number of anilines is 1. The lowest BCUT2D eigenvalue weighted by atomic mass is 10.2. The molecule has 0 spiro atoms. The highest BCUT2D eigenvalue weighted by Crippen LogP contribution is 2.27. The maximum atomic E-state index is 13.2. The fourth-order valence-electron chi connectivity index (χ4n) is 1.80. The molecular formula is C15H9ClFN3O4. The average Bonchev–Trinajstić information content (AvgIpc) is 2.53. The summed E-state index contributed by atoms with van der Waals surface area (Å²) in [6, 6.07) is 8.84. The molecule has 0 fully saturated rings. The molecule has 0 aliphatic carbocycles. The summed E-state index contributed by atoms with van der Waals surface area (Å²) in [5, 5.41) is 22.5. The molecule has 9 heteroatoms. The van der Waals surface area contributed by atoms with Crippen LogP contribution in [0.1, 0.15) is 5.56 Å². The molecule has 1 amide bonds. The third-order valence-electron chi connectivity index (χ3n) is 2.85. The first-order chi connectivity index (χ1) is 11.4. The Labute approximate surface area is 140 Å². The number of rotatable bonds is 5. The maximum absolute atomic E-state index is 13.2. The maximum Gasteiger partial charge on any atom is 0.311 e. The molecule has 0 atom stereocenters. The SMILES string of the molecule is N#Cc1ccc(Cl)cc1NC(=O)COc1cc(F)ccc1[N+](=O)[O-]. The highest BCUT2D eigenvalue weighted by molar-refractivity contribution is 6.31. The van der Waals surface area contributed by atoms with Crippen molar-refractivity contribution in [2.45, 2.75) is 0 Å². The van der Waals surface area contributed by atoms with Crippen LogP contribution in [0.25, 0.3) is 0 Å². The number of hydrogen-bond acceptors (Lipinski definition) is 5. The topological polar surface area (TPSA) is 105 Å². The molecule has 0 bridgehead atoms. The summed E-state index contributed by atoms with van der Waals surface area (Å²) in [6.45, 7) is -0.609. The molecule has 2 aromatic carbocycles. The minimum atomic E-state index is -0.753. The molecule has 1 N–H and O–H groups in total.